The molecule has 0 radical (unpaired) electrons. The Labute approximate surface area is 120 Å². The lowest BCUT2D eigenvalue weighted by atomic mass is 10.1. The molecule has 0 fully saturated rings. The maximum absolute atomic E-state index is 12.1. The van der Waals surface area contributed by atoms with Crippen molar-refractivity contribution in [1.29, 1.82) is 0 Å². The van der Waals surface area contributed by atoms with Gasteiger partial charge in [-0.05, 0) is 37.1 Å². The molecule has 21 heavy (non-hydrogen) atoms. The third-order valence-corrected chi connectivity index (χ3v) is 3.01. The minimum atomic E-state index is -0.285. The summed E-state index contributed by atoms with van der Waals surface area (Å²) in [6.45, 7) is 1.92. The summed E-state index contributed by atoms with van der Waals surface area (Å²) in [5.41, 5.74) is 1.25. The maximum atomic E-state index is 12.1. The second-order valence-corrected chi connectivity index (χ2v) is 4.76. The van der Waals surface area contributed by atoms with Crippen molar-refractivity contribution >= 4 is 5.91 Å². The number of carbonyl (C=O) groups is 1. The van der Waals surface area contributed by atoms with Crippen LogP contribution in [0.3, 0.4) is 0 Å². The Bertz CT molecular complexity index is 698. The van der Waals surface area contributed by atoms with E-state index in [1.807, 2.05) is 13.0 Å². The van der Waals surface area contributed by atoms with Crippen molar-refractivity contribution in [2.45, 2.75) is 19.4 Å². The summed E-state index contributed by atoms with van der Waals surface area (Å²) in [4.78, 5) is 12.1. The minimum Gasteiger partial charge on any atom is -0.472 e. The largest absolute Gasteiger partial charge is 0.472 e. The first kappa shape index (κ1) is 13.2. The Morgan fingerprint density at radius 1 is 1.33 bits per heavy atom. The fourth-order valence-corrected chi connectivity index (χ4v) is 2.03. The van der Waals surface area contributed by atoms with Crippen LogP contribution < -0.4 is 5.32 Å². The van der Waals surface area contributed by atoms with E-state index in [-0.39, 0.29) is 17.6 Å². The van der Waals surface area contributed by atoms with E-state index in [0.717, 1.165) is 5.56 Å². The first-order chi connectivity index (χ1) is 10.2. The number of nitrogens with zero attached hydrogens (tertiary/aromatic N) is 1. The zero-order chi connectivity index (χ0) is 14.7. The van der Waals surface area contributed by atoms with Crippen LogP contribution in [0.5, 0.6) is 0 Å². The molecule has 0 unspecified atom stereocenters. The fourth-order valence-electron chi connectivity index (χ4n) is 2.03. The van der Waals surface area contributed by atoms with E-state index in [1.54, 1.807) is 30.7 Å². The average Bonchev–Trinajstić information content (AvgIpc) is 3.20. The van der Waals surface area contributed by atoms with E-state index in [2.05, 4.69) is 10.5 Å². The highest BCUT2D eigenvalue weighted by Crippen LogP contribution is 2.20. The zero-order valence-corrected chi connectivity index (χ0v) is 11.4. The summed E-state index contributed by atoms with van der Waals surface area (Å²) in [7, 11) is 0. The van der Waals surface area contributed by atoms with Crippen LogP contribution in [0.1, 0.15) is 23.0 Å². The lowest BCUT2D eigenvalue weighted by molar-refractivity contribution is 0.0931. The van der Waals surface area contributed by atoms with Crippen molar-refractivity contribution in [2.24, 2.45) is 0 Å². The van der Waals surface area contributed by atoms with E-state index in [4.69, 9.17) is 13.4 Å². The molecule has 1 N–H and O–H groups in total. The van der Waals surface area contributed by atoms with Gasteiger partial charge in [0.15, 0.2) is 11.5 Å². The van der Waals surface area contributed by atoms with Gasteiger partial charge in [0.1, 0.15) is 0 Å². The summed E-state index contributed by atoms with van der Waals surface area (Å²) >= 11 is 0. The SMILES string of the molecule is C[C@@H](Cc1ccoc1)NC(=O)c1cc(-c2ccco2)on1. The molecular weight excluding hydrogens is 272 g/mol. The predicted molar refractivity (Wildman–Crippen MR) is 73.5 cm³/mol. The number of furan rings is 2. The molecule has 0 aliphatic heterocycles. The third-order valence-electron chi connectivity index (χ3n) is 3.01. The van der Waals surface area contributed by atoms with Crippen LogP contribution in [-0.4, -0.2) is 17.1 Å². The van der Waals surface area contributed by atoms with Crippen molar-refractivity contribution in [3.63, 3.8) is 0 Å². The van der Waals surface area contributed by atoms with Crippen molar-refractivity contribution in [2.75, 3.05) is 0 Å². The number of hydrogen-bond acceptors (Lipinski definition) is 5. The summed E-state index contributed by atoms with van der Waals surface area (Å²) in [6, 6.07) is 6.86. The molecular formula is C15H14N2O4. The van der Waals surface area contributed by atoms with E-state index >= 15 is 0 Å². The molecule has 3 heterocycles. The number of aromatic nitrogens is 1. The number of hydrogen-bond donors (Lipinski definition) is 1. The van der Waals surface area contributed by atoms with Gasteiger partial charge in [0, 0.05) is 12.1 Å². The van der Waals surface area contributed by atoms with Crippen LogP contribution in [0.15, 0.2) is 56.4 Å². The predicted octanol–water partition coefficient (Wildman–Crippen LogP) is 2.89. The molecule has 0 aromatic carbocycles. The molecule has 108 valence electrons. The topological polar surface area (TPSA) is 81.4 Å². The van der Waals surface area contributed by atoms with Gasteiger partial charge in [0.2, 0.25) is 5.76 Å². The van der Waals surface area contributed by atoms with Gasteiger partial charge < -0.3 is 18.7 Å². The Hall–Kier alpha value is -2.76. The minimum absolute atomic E-state index is 0.0427. The Balaban J connectivity index is 1.63. The monoisotopic (exact) mass is 286 g/mol. The molecule has 1 atom stereocenters. The Morgan fingerprint density at radius 2 is 2.24 bits per heavy atom. The molecule has 0 aliphatic carbocycles. The number of carbonyl (C=O) groups excluding carboxylic acids is 1. The van der Waals surface area contributed by atoms with Crippen molar-refractivity contribution < 1.29 is 18.2 Å². The van der Waals surface area contributed by atoms with Crippen molar-refractivity contribution in [3.8, 4) is 11.5 Å². The van der Waals surface area contributed by atoms with Crippen LogP contribution in [0.25, 0.3) is 11.5 Å². The molecule has 0 bridgehead atoms. The third kappa shape index (κ3) is 3.05. The summed E-state index contributed by atoms with van der Waals surface area (Å²) in [6.07, 6.45) is 5.49. The Morgan fingerprint density at radius 3 is 2.95 bits per heavy atom. The first-order valence-corrected chi connectivity index (χ1v) is 6.55. The van der Waals surface area contributed by atoms with Gasteiger partial charge in [-0.15, -0.1) is 0 Å². The molecule has 3 rings (SSSR count). The van der Waals surface area contributed by atoms with Crippen LogP contribution >= 0.6 is 0 Å². The lowest BCUT2D eigenvalue weighted by Gasteiger charge is -2.11. The van der Waals surface area contributed by atoms with Gasteiger partial charge in [0.25, 0.3) is 5.91 Å². The van der Waals surface area contributed by atoms with Gasteiger partial charge in [0.05, 0.1) is 18.8 Å². The van der Waals surface area contributed by atoms with Crippen LogP contribution in [0, 0.1) is 0 Å². The van der Waals surface area contributed by atoms with E-state index < -0.39 is 0 Å². The molecule has 3 aromatic rings. The van der Waals surface area contributed by atoms with E-state index in [1.165, 1.54) is 6.26 Å². The summed E-state index contributed by atoms with van der Waals surface area (Å²) in [5, 5.41) is 6.62. The number of rotatable bonds is 5. The molecule has 0 spiro atoms. The van der Waals surface area contributed by atoms with Gasteiger partial charge >= 0.3 is 0 Å². The van der Waals surface area contributed by atoms with Crippen LogP contribution in [0.2, 0.25) is 0 Å². The molecule has 3 aromatic heterocycles. The van der Waals surface area contributed by atoms with E-state index in [9.17, 15) is 4.79 Å². The van der Waals surface area contributed by atoms with Crippen LogP contribution in [0.4, 0.5) is 0 Å². The van der Waals surface area contributed by atoms with Gasteiger partial charge in [-0.2, -0.15) is 0 Å². The highest BCUT2D eigenvalue weighted by atomic mass is 16.5. The lowest BCUT2D eigenvalue weighted by Crippen LogP contribution is -2.34. The van der Waals surface area contributed by atoms with Crippen molar-refractivity contribution in [3.05, 3.63) is 54.3 Å². The quantitative estimate of drug-likeness (QED) is 0.780. The first-order valence-electron chi connectivity index (χ1n) is 6.55. The molecule has 0 aliphatic rings. The van der Waals surface area contributed by atoms with Gasteiger partial charge in [-0.3, -0.25) is 4.79 Å². The van der Waals surface area contributed by atoms with Crippen LogP contribution in [-0.2, 0) is 6.42 Å². The maximum Gasteiger partial charge on any atom is 0.273 e. The molecule has 6 nitrogen and oxygen atoms in total. The average molecular weight is 286 g/mol. The normalized spacial score (nSPS) is 12.2. The standard InChI is InChI=1S/C15H14N2O4/c1-10(7-11-4-6-19-9-11)16-15(18)12-8-14(21-17-12)13-3-2-5-20-13/h2-6,8-10H,7H2,1H3,(H,16,18)/t10-/m0/s1. The summed E-state index contributed by atoms with van der Waals surface area (Å²) in [5.74, 6) is 0.674. The molecule has 1 amide bonds. The van der Waals surface area contributed by atoms with Gasteiger partial charge in [-0.1, -0.05) is 5.16 Å². The molecule has 0 saturated heterocycles. The highest BCUT2D eigenvalue weighted by Gasteiger charge is 2.17. The Kier molecular flexibility index (Phi) is 3.59. The zero-order valence-electron chi connectivity index (χ0n) is 11.4. The second kappa shape index (κ2) is 5.70. The van der Waals surface area contributed by atoms with Crippen molar-refractivity contribution in [1.82, 2.24) is 10.5 Å². The fraction of sp³-hybridized carbons (Fsp3) is 0.200. The molecule has 0 saturated carbocycles. The number of nitrogens with one attached hydrogen (secondary N) is 1. The molecule has 6 heteroatoms. The number of amides is 1. The van der Waals surface area contributed by atoms with Gasteiger partial charge in [-0.25, -0.2) is 0 Å². The second-order valence-electron chi connectivity index (χ2n) is 4.76. The smallest absolute Gasteiger partial charge is 0.273 e. The van der Waals surface area contributed by atoms with E-state index in [0.29, 0.717) is 17.9 Å². The summed E-state index contributed by atoms with van der Waals surface area (Å²) < 4.78 is 15.3. The highest BCUT2D eigenvalue weighted by molar-refractivity contribution is 5.93.